The van der Waals surface area contributed by atoms with E-state index in [1.165, 1.54) is 24.2 Å². The number of carbonyl (C=O) groups excluding carboxylic acids is 1. The van der Waals surface area contributed by atoms with Gasteiger partial charge in [-0.1, -0.05) is 5.16 Å². The van der Waals surface area contributed by atoms with Crippen LogP contribution < -0.4 is 5.32 Å². The van der Waals surface area contributed by atoms with E-state index in [1.54, 1.807) is 0 Å². The molecule has 0 bridgehead atoms. The zero-order valence-corrected chi connectivity index (χ0v) is 12.4. The lowest BCUT2D eigenvalue weighted by atomic mass is 10.1. The van der Waals surface area contributed by atoms with Gasteiger partial charge in [-0.3, -0.25) is 4.79 Å². The van der Waals surface area contributed by atoms with Crippen LogP contribution in [0.2, 0.25) is 0 Å². The van der Waals surface area contributed by atoms with Crippen LogP contribution in [0.15, 0.2) is 9.90 Å². The summed E-state index contributed by atoms with van der Waals surface area (Å²) in [4.78, 5) is 16.4. The molecule has 0 aromatic carbocycles. The summed E-state index contributed by atoms with van der Waals surface area (Å²) in [5, 5.41) is 9.50. The highest BCUT2D eigenvalue weighted by Crippen LogP contribution is 2.40. The molecule has 1 aliphatic carbocycles. The molecule has 0 unspecified atom stereocenters. The van der Waals surface area contributed by atoms with Crippen molar-refractivity contribution in [2.75, 3.05) is 5.32 Å². The average Bonchev–Trinajstić information content (AvgIpc) is 3.09. The van der Waals surface area contributed by atoms with Crippen LogP contribution in [0.4, 0.5) is 5.13 Å². The van der Waals surface area contributed by atoms with Crippen LogP contribution in [0.5, 0.6) is 0 Å². The van der Waals surface area contributed by atoms with E-state index in [1.807, 2.05) is 19.2 Å². The number of carbonyl (C=O) groups is 1. The van der Waals surface area contributed by atoms with Gasteiger partial charge in [0, 0.05) is 23.3 Å². The molecule has 2 heterocycles. The minimum Gasteiger partial charge on any atom is -0.361 e. The van der Waals surface area contributed by atoms with Crippen LogP contribution in [0, 0.1) is 13.8 Å². The second kappa shape index (κ2) is 5.36. The van der Waals surface area contributed by atoms with Gasteiger partial charge in [-0.25, -0.2) is 4.98 Å². The van der Waals surface area contributed by atoms with Crippen molar-refractivity contribution >= 4 is 22.4 Å². The van der Waals surface area contributed by atoms with Gasteiger partial charge < -0.3 is 9.84 Å². The molecular weight excluding hydrogens is 274 g/mol. The van der Waals surface area contributed by atoms with Gasteiger partial charge in [0.15, 0.2) is 5.13 Å². The molecule has 3 rings (SSSR count). The van der Waals surface area contributed by atoms with Gasteiger partial charge >= 0.3 is 0 Å². The van der Waals surface area contributed by atoms with Crippen molar-refractivity contribution in [2.24, 2.45) is 0 Å². The Bertz CT molecular complexity index is 609. The van der Waals surface area contributed by atoms with Gasteiger partial charge in [0.05, 0.1) is 11.4 Å². The Balaban J connectivity index is 1.54. The summed E-state index contributed by atoms with van der Waals surface area (Å²) < 4.78 is 5.09. The fourth-order valence-corrected chi connectivity index (χ4v) is 3.00. The van der Waals surface area contributed by atoms with Crippen molar-refractivity contribution in [3.8, 4) is 0 Å². The first-order valence-corrected chi connectivity index (χ1v) is 7.68. The van der Waals surface area contributed by atoms with Gasteiger partial charge in [-0.15, -0.1) is 11.3 Å². The number of thiazole rings is 1. The van der Waals surface area contributed by atoms with E-state index in [0.717, 1.165) is 22.7 Å². The number of nitrogens with zero attached hydrogens (tertiary/aromatic N) is 2. The minimum absolute atomic E-state index is 0.0123. The molecule has 1 aliphatic rings. The molecule has 1 amide bonds. The van der Waals surface area contributed by atoms with Crippen LogP contribution in [-0.4, -0.2) is 16.0 Å². The SMILES string of the molecule is Cc1noc(C)c1CCC(=O)Nc1nc(C2CC2)cs1. The Labute approximate surface area is 121 Å². The Morgan fingerprint density at radius 3 is 2.95 bits per heavy atom. The number of hydrogen-bond donors (Lipinski definition) is 1. The quantitative estimate of drug-likeness (QED) is 0.918. The first-order chi connectivity index (χ1) is 9.63. The van der Waals surface area contributed by atoms with Crippen molar-refractivity contribution in [1.29, 1.82) is 0 Å². The highest BCUT2D eigenvalue weighted by Gasteiger charge is 2.26. The van der Waals surface area contributed by atoms with E-state index in [0.29, 0.717) is 23.9 Å². The van der Waals surface area contributed by atoms with Crippen molar-refractivity contribution in [3.05, 3.63) is 28.1 Å². The third-order valence-corrected chi connectivity index (χ3v) is 4.32. The number of anilines is 1. The van der Waals surface area contributed by atoms with Gasteiger partial charge in [0.25, 0.3) is 0 Å². The minimum atomic E-state index is -0.0123. The average molecular weight is 291 g/mol. The van der Waals surface area contributed by atoms with Crippen molar-refractivity contribution in [2.45, 2.75) is 45.4 Å². The van der Waals surface area contributed by atoms with E-state index >= 15 is 0 Å². The lowest BCUT2D eigenvalue weighted by molar-refractivity contribution is -0.116. The van der Waals surface area contributed by atoms with Crippen molar-refractivity contribution in [1.82, 2.24) is 10.1 Å². The molecule has 5 nitrogen and oxygen atoms in total. The van der Waals surface area contributed by atoms with Crippen LogP contribution in [0.1, 0.15) is 47.9 Å². The maximum atomic E-state index is 11.9. The summed E-state index contributed by atoms with van der Waals surface area (Å²) in [5.74, 6) is 1.40. The maximum Gasteiger partial charge on any atom is 0.226 e. The number of hydrogen-bond acceptors (Lipinski definition) is 5. The molecule has 1 fully saturated rings. The Hall–Kier alpha value is -1.69. The number of rotatable bonds is 5. The molecule has 1 N–H and O–H groups in total. The molecule has 20 heavy (non-hydrogen) atoms. The third-order valence-electron chi connectivity index (χ3n) is 3.55. The predicted octanol–water partition coefficient (Wildman–Crippen LogP) is 3.20. The van der Waals surface area contributed by atoms with E-state index in [9.17, 15) is 4.79 Å². The molecule has 0 atom stereocenters. The molecule has 0 aliphatic heterocycles. The molecule has 106 valence electrons. The topological polar surface area (TPSA) is 68.0 Å². The number of aryl methyl sites for hydroxylation is 2. The normalized spacial score (nSPS) is 14.5. The molecular formula is C14H17N3O2S. The zero-order valence-electron chi connectivity index (χ0n) is 11.6. The van der Waals surface area contributed by atoms with Crippen LogP contribution in [0.25, 0.3) is 0 Å². The standard InChI is InChI=1S/C14H17N3O2S/c1-8-11(9(2)19-17-8)5-6-13(18)16-14-15-12(7-20-14)10-3-4-10/h7,10H,3-6H2,1-2H3,(H,15,16,18). The van der Waals surface area contributed by atoms with Gasteiger partial charge in [-0.05, 0) is 33.1 Å². The van der Waals surface area contributed by atoms with Gasteiger partial charge in [-0.2, -0.15) is 0 Å². The van der Waals surface area contributed by atoms with Crippen molar-refractivity contribution < 1.29 is 9.32 Å². The van der Waals surface area contributed by atoms with Crippen LogP contribution >= 0.6 is 11.3 Å². The second-order valence-corrected chi connectivity index (χ2v) is 6.06. The summed E-state index contributed by atoms with van der Waals surface area (Å²) in [5.41, 5.74) is 3.01. The Morgan fingerprint density at radius 1 is 1.50 bits per heavy atom. The zero-order chi connectivity index (χ0) is 14.1. The smallest absolute Gasteiger partial charge is 0.226 e. The van der Waals surface area contributed by atoms with E-state index in [4.69, 9.17) is 4.52 Å². The van der Waals surface area contributed by atoms with E-state index in [2.05, 4.69) is 15.5 Å². The van der Waals surface area contributed by atoms with Gasteiger partial charge in [0.1, 0.15) is 5.76 Å². The summed E-state index contributed by atoms with van der Waals surface area (Å²) in [6.07, 6.45) is 3.52. The molecule has 6 heteroatoms. The Kier molecular flexibility index (Phi) is 3.56. The molecule has 2 aromatic rings. The fourth-order valence-electron chi connectivity index (χ4n) is 2.19. The molecule has 1 saturated carbocycles. The molecule has 0 spiro atoms. The predicted molar refractivity (Wildman–Crippen MR) is 77.0 cm³/mol. The monoisotopic (exact) mass is 291 g/mol. The van der Waals surface area contributed by atoms with E-state index < -0.39 is 0 Å². The number of aromatic nitrogens is 2. The lowest BCUT2D eigenvalue weighted by Crippen LogP contribution is -2.12. The largest absolute Gasteiger partial charge is 0.361 e. The summed E-state index contributed by atoms with van der Waals surface area (Å²) in [7, 11) is 0. The second-order valence-electron chi connectivity index (χ2n) is 5.20. The van der Waals surface area contributed by atoms with Gasteiger partial charge in [0.2, 0.25) is 5.91 Å². The highest BCUT2D eigenvalue weighted by atomic mass is 32.1. The Morgan fingerprint density at radius 2 is 2.30 bits per heavy atom. The summed E-state index contributed by atoms with van der Waals surface area (Å²) in [6.45, 7) is 3.77. The maximum absolute atomic E-state index is 11.9. The third kappa shape index (κ3) is 2.90. The molecule has 0 saturated heterocycles. The molecule has 2 aromatic heterocycles. The summed E-state index contributed by atoms with van der Waals surface area (Å²) in [6, 6.07) is 0. The first kappa shape index (κ1) is 13.3. The van der Waals surface area contributed by atoms with Crippen molar-refractivity contribution in [3.63, 3.8) is 0 Å². The number of amides is 1. The van der Waals surface area contributed by atoms with Crippen LogP contribution in [-0.2, 0) is 11.2 Å². The summed E-state index contributed by atoms with van der Waals surface area (Å²) >= 11 is 1.50. The highest BCUT2D eigenvalue weighted by molar-refractivity contribution is 7.13. The number of nitrogens with one attached hydrogen (secondary N) is 1. The van der Waals surface area contributed by atoms with E-state index in [-0.39, 0.29) is 5.91 Å². The molecule has 0 radical (unpaired) electrons. The fraction of sp³-hybridized carbons (Fsp3) is 0.500. The first-order valence-electron chi connectivity index (χ1n) is 6.80. The van der Waals surface area contributed by atoms with Crippen LogP contribution in [0.3, 0.4) is 0 Å². The lowest BCUT2D eigenvalue weighted by Gasteiger charge is -2.01.